The molecule has 3 nitrogen and oxygen atoms in total. The summed E-state index contributed by atoms with van der Waals surface area (Å²) in [6, 6.07) is 8.32. The third-order valence-corrected chi connectivity index (χ3v) is 3.50. The highest BCUT2D eigenvalue weighted by molar-refractivity contribution is 6.11. The lowest BCUT2D eigenvalue weighted by Gasteiger charge is -2.20. The Hall–Kier alpha value is -2.81. The number of nitrogens with one attached hydrogen (secondary N) is 1. The molecule has 0 bridgehead atoms. The molecule has 2 aromatic carbocycles. The van der Waals surface area contributed by atoms with Gasteiger partial charge in [-0.1, -0.05) is 12.1 Å². The number of hydrogen-bond donors (Lipinski definition) is 1. The van der Waals surface area contributed by atoms with E-state index in [2.05, 4.69) is 5.32 Å². The number of benzene rings is 2. The molecule has 0 aliphatic carbocycles. The molecule has 0 spiro atoms. The van der Waals surface area contributed by atoms with E-state index in [0.717, 1.165) is 18.2 Å². The molecular weight excluding hydrogens is 281 g/mol. The molecule has 3 rings (SSSR count). The molecule has 1 atom stereocenters. The Bertz CT molecular complexity index is 796. The summed E-state index contributed by atoms with van der Waals surface area (Å²) in [7, 11) is 0. The van der Waals surface area contributed by atoms with Crippen LogP contribution in [-0.4, -0.2) is 5.91 Å². The molecule has 0 fully saturated rings. The second kappa shape index (κ2) is 4.35. The van der Waals surface area contributed by atoms with Gasteiger partial charge in [-0.05, 0) is 29.8 Å². The van der Waals surface area contributed by atoms with E-state index in [4.69, 9.17) is 0 Å². The van der Waals surface area contributed by atoms with Crippen molar-refractivity contribution in [3.8, 4) is 6.07 Å². The van der Waals surface area contributed by atoms with Crippen LogP contribution in [-0.2, 0) is 10.2 Å². The summed E-state index contributed by atoms with van der Waals surface area (Å²) in [4.78, 5) is 12.2. The van der Waals surface area contributed by atoms with E-state index >= 15 is 0 Å². The maximum absolute atomic E-state index is 14.1. The quantitative estimate of drug-likeness (QED) is 0.877. The number of carbonyl (C=O) groups is 1. The summed E-state index contributed by atoms with van der Waals surface area (Å²) in [5, 5.41) is 11.8. The van der Waals surface area contributed by atoms with Crippen molar-refractivity contribution in [2.24, 2.45) is 0 Å². The van der Waals surface area contributed by atoms with Crippen LogP contribution in [0.25, 0.3) is 0 Å². The fourth-order valence-electron chi connectivity index (χ4n) is 2.50. The minimum atomic E-state index is -2.03. The summed E-state index contributed by atoms with van der Waals surface area (Å²) in [6.07, 6.45) is 0. The lowest BCUT2D eigenvalue weighted by atomic mass is 9.76. The van der Waals surface area contributed by atoms with Gasteiger partial charge in [-0.3, -0.25) is 4.79 Å². The Labute approximate surface area is 117 Å². The normalized spacial score (nSPS) is 19.8. The number of nitriles is 1. The first-order chi connectivity index (χ1) is 10.0. The zero-order chi connectivity index (χ0) is 15.2. The van der Waals surface area contributed by atoms with E-state index in [1.165, 1.54) is 18.2 Å². The standard InChI is InChI=1S/C15H7F3N2O/c16-9-3-1-8(2-4-9)15(7-19)12-11(20-14(15)21)6-5-10(17)13(12)18/h1-6H,(H,20,21). The Morgan fingerprint density at radius 1 is 1.05 bits per heavy atom. The molecule has 0 radical (unpaired) electrons. The Morgan fingerprint density at radius 2 is 1.71 bits per heavy atom. The van der Waals surface area contributed by atoms with Crippen LogP contribution in [0.15, 0.2) is 36.4 Å². The van der Waals surface area contributed by atoms with E-state index in [0.29, 0.717) is 0 Å². The Morgan fingerprint density at radius 3 is 2.33 bits per heavy atom. The summed E-state index contributed by atoms with van der Waals surface area (Å²) in [5.74, 6) is -3.79. The Kier molecular flexibility index (Phi) is 2.73. The first-order valence-electron chi connectivity index (χ1n) is 5.98. The van der Waals surface area contributed by atoms with Gasteiger partial charge in [-0.25, -0.2) is 13.2 Å². The monoisotopic (exact) mass is 288 g/mol. The molecular formula is C15H7F3N2O. The fraction of sp³-hybridized carbons (Fsp3) is 0.0667. The smallest absolute Gasteiger partial charge is 0.254 e. The van der Waals surface area contributed by atoms with Crippen molar-refractivity contribution in [1.82, 2.24) is 0 Å². The highest BCUT2D eigenvalue weighted by atomic mass is 19.2. The first-order valence-corrected chi connectivity index (χ1v) is 5.98. The van der Waals surface area contributed by atoms with Gasteiger partial charge in [-0.15, -0.1) is 0 Å². The van der Waals surface area contributed by atoms with Crippen LogP contribution in [0.4, 0.5) is 18.9 Å². The van der Waals surface area contributed by atoms with Gasteiger partial charge in [0.05, 0.1) is 6.07 Å². The van der Waals surface area contributed by atoms with Gasteiger partial charge in [0, 0.05) is 11.3 Å². The van der Waals surface area contributed by atoms with Crippen LogP contribution in [0.3, 0.4) is 0 Å². The Balaban J connectivity index is 2.35. The largest absolute Gasteiger partial charge is 0.324 e. The predicted molar refractivity (Wildman–Crippen MR) is 67.8 cm³/mol. The molecule has 6 heteroatoms. The van der Waals surface area contributed by atoms with Crippen LogP contribution in [0.1, 0.15) is 11.1 Å². The molecule has 1 heterocycles. The van der Waals surface area contributed by atoms with Gasteiger partial charge in [0.1, 0.15) is 5.82 Å². The topological polar surface area (TPSA) is 52.9 Å². The number of rotatable bonds is 1. The molecule has 1 unspecified atom stereocenters. The van der Waals surface area contributed by atoms with Crippen molar-refractivity contribution in [2.75, 3.05) is 5.32 Å². The average Bonchev–Trinajstić information content (AvgIpc) is 2.77. The van der Waals surface area contributed by atoms with Crippen molar-refractivity contribution >= 4 is 11.6 Å². The molecule has 0 saturated heterocycles. The van der Waals surface area contributed by atoms with Crippen LogP contribution in [0.5, 0.6) is 0 Å². The third kappa shape index (κ3) is 1.64. The number of fused-ring (bicyclic) bond motifs is 1. The van der Waals surface area contributed by atoms with Crippen LogP contribution >= 0.6 is 0 Å². The fourth-order valence-corrected chi connectivity index (χ4v) is 2.50. The number of hydrogen-bond acceptors (Lipinski definition) is 2. The van der Waals surface area contributed by atoms with Crippen molar-refractivity contribution in [3.63, 3.8) is 0 Å². The molecule has 0 saturated carbocycles. The molecule has 1 aliphatic heterocycles. The van der Waals surface area contributed by atoms with Crippen LogP contribution in [0, 0.1) is 28.8 Å². The maximum Gasteiger partial charge on any atom is 0.254 e. The number of carbonyl (C=O) groups excluding carboxylic acids is 1. The molecule has 0 aromatic heterocycles. The molecule has 1 N–H and O–H groups in total. The summed E-state index contributed by atoms with van der Waals surface area (Å²) >= 11 is 0. The van der Waals surface area contributed by atoms with Crippen molar-refractivity contribution in [2.45, 2.75) is 5.41 Å². The zero-order valence-electron chi connectivity index (χ0n) is 10.5. The average molecular weight is 288 g/mol. The number of nitrogens with zero attached hydrogens (tertiary/aromatic N) is 1. The van der Waals surface area contributed by atoms with E-state index in [1.807, 2.05) is 0 Å². The number of amides is 1. The first kappa shape index (κ1) is 13.2. The minimum Gasteiger partial charge on any atom is -0.324 e. The molecule has 1 amide bonds. The zero-order valence-corrected chi connectivity index (χ0v) is 10.5. The highest BCUT2D eigenvalue weighted by Gasteiger charge is 2.51. The molecule has 1 aliphatic rings. The van der Waals surface area contributed by atoms with Crippen molar-refractivity contribution in [3.05, 3.63) is 65.0 Å². The van der Waals surface area contributed by atoms with Crippen molar-refractivity contribution in [1.29, 1.82) is 5.26 Å². The number of halogens is 3. The minimum absolute atomic E-state index is 0.0322. The second-order valence-electron chi connectivity index (χ2n) is 4.61. The van der Waals surface area contributed by atoms with E-state index in [9.17, 15) is 23.2 Å². The summed E-state index contributed by atoms with van der Waals surface area (Å²) in [5.41, 5.74) is -2.30. The van der Waals surface area contributed by atoms with Gasteiger partial charge in [0.2, 0.25) is 0 Å². The SMILES string of the molecule is N#CC1(c2ccc(F)cc2)C(=O)Nc2ccc(F)c(F)c21. The van der Waals surface area contributed by atoms with E-state index < -0.39 is 28.8 Å². The van der Waals surface area contributed by atoms with Gasteiger partial charge in [0.15, 0.2) is 17.0 Å². The van der Waals surface area contributed by atoms with Crippen LogP contribution < -0.4 is 5.32 Å². The third-order valence-electron chi connectivity index (χ3n) is 3.50. The number of anilines is 1. The maximum atomic E-state index is 14.1. The summed E-state index contributed by atoms with van der Waals surface area (Å²) in [6.45, 7) is 0. The lowest BCUT2D eigenvalue weighted by Crippen LogP contribution is -2.34. The van der Waals surface area contributed by atoms with E-state index in [-0.39, 0.29) is 16.8 Å². The second-order valence-corrected chi connectivity index (χ2v) is 4.61. The van der Waals surface area contributed by atoms with Gasteiger partial charge in [0.25, 0.3) is 5.91 Å². The van der Waals surface area contributed by atoms with Gasteiger partial charge in [-0.2, -0.15) is 5.26 Å². The molecule has 104 valence electrons. The van der Waals surface area contributed by atoms with Gasteiger partial charge >= 0.3 is 0 Å². The highest BCUT2D eigenvalue weighted by Crippen LogP contribution is 2.44. The molecule has 21 heavy (non-hydrogen) atoms. The van der Waals surface area contributed by atoms with Crippen LogP contribution in [0.2, 0.25) is 0 Å². The molecule has 2 aromatic rings. The lowest BCUT2D eigenvalue weighted by molar-refractivity contribution is -0.118. The van der Waals surface area contributed by atoms with E-state index in [1.54, 1.807) is 6.07 Å². The summed E-state index contributed by atoms with van der Waals surface area (Å²) < 4.78 is 40.6. The van der Waals surface area contributed by atoms with Gasteiger partial charge < -0.3 is 5.32 Å². The predicted octanol–water partition coefficient (Wildman–Crippen LogP) is 2.87. The van der Waals surface area contributed by atoms with Crippen molar-refractivity contribution < 1.29 is 18.0 Å².